The molecule has 0 radical (unpaired) electrons. The lowest BCUT2D eigenvalue weighted by molar-refractivity contribution is 0.187. The van der Waals surface area contributed by atoms with Crippen LogP contribution in [0.15, 0.2) is 51.8 Å². The number of ether oxygens (including phenoxy) is 1. The summed E-state index contributed by atoms with van der Waals surface area (Å²) in [5.74, 6) is 1.84. The molecule has 176 valence electrons. The first-order valence-corrected chi connectivity index (χ1v) is 12.7. The van der Waals surface area contributed by atoms with Crippen LogP contribution in [0.5, 0.6) is 5.75 Å². The highest BCUT2D eigenvalue weighted by Gasteiger charge is 2.30. The van der Waals surface area contributed by atoms with Gasteiger partial charge in [-0.05, 0) is 56.2 Å². The molecule has 1 aliphatic rings. The van der Waals surface area contributed by atoms with Crippen LogP contribution in [0.2, 0.25) is 0 Å². The lowest BCUT2D eigenvalue weighted by atomic mass is 10.1. The molecule has 33 heavy (non-hydrogen) atoms. The fourth-order valence-electron chi connectivity index (χ4n) is 3.99. The molecular formula is C24H30N4O4S. The van der Waals surface area contributed by atoms with E-state index in [0.717, 1.165) is 23.4 Å². The van der Waals surface area contributed by atoms with E-state index in [0.29, 0.717) is 61.4 Å². The molecule has 0 unspecified atom stereocenters. The summed E-state index contributed by atoms with van der Waals surface area (Å²) in [6.07, 6.45) is 0.629. The number of hydrogen-bond acceptors (Lipinski definition) is 7. The Morgan fingerprint density at radius 1 is 1.00 bits per heavy atom. The molecule has 9 heteroatoms. The van der Waals surface area contributed by atoms with E-state index < -0.39 is 10.0 Å². The van der Waals surface area contributed by atoms with E-state index in [1.54, 1.807) is 10.4 Å². The number of sulfonamides is 1. The molecule has 0 bridgehead atoms. The molecule has 4 rings (SSSR count). The molecule has 1 aromatic heterocycles. The zero-order valence-corrected chi connectivity index (χ0v) is 20.1. The summed E-state index contributed by atoms with van der Waals surface area (Å²) in [5, 5.41) is 8.28. The van der Waals surface area contributed by atoms with Crippen molar-refractivity contribution in [2.75, 3.05) is 39.3 Å². The van der Waals surface area contributed by atoms with Crippen molar-refractivity contribution in [2.24, 2.45) is 0 Å². The maximum Gasteiger partial charge on any atom is 0.247 e. The molecule has 0 spiro atoms. The fraction of sp³-hybridized carbons (Fsp3) is 0.417. The zero-order valence-electron chi connectivity index (χ0n) is 19.3. The monoisotopic (exact) mass is 470 g/mol. The summed E-state index contributed by atoms with van der Waals surface area (Å²) >= 11 is 0. The number of rotatable bonds is 8. The highest BCUT2D eigenvalue weighted by Crippen LogP contribution is 2.28. The number of aromatic nitrogens is 2. The molecule has 8 nitrogen and oxygen atoms in total. The van der Waals surface area contributed by atoms with Gasteiger partial charge in [0.1, 0.15) is 5.75 Å². The molecule has 1 aliphatic heterocycles. The van der Waals surface area contributed by atoms with Crippen molar-refractivity contribution >= 4 is 10.0 Å². The summed E-state index contributed by atoms with van der Waals surface area (Å²) in [7, 11) is -3.55. The van der Waals surface area contributed by atoms with Gasteiger partial charge in [-0.25, -0.2) is 8.42 Å². The van der Waals surface area contributed by atoms with Gasteiger partial charge in [-0.3, -0.25) is 0 Å². The maximum absolute atomic E-state index is 13.3. The van der Waals surface area contributed by atoms with Gasteiger partial charge in [0.15, 0.2) is 0 Å². The van der Waals surface area contributed by atoms with Crippen LogP contribution in [0.25, 0.3) is 11.5 Å². The van der Waals surface area contributed by atoms with Gasteiger partial charge in [0, 0.05) is 44.7 Å². The molecule has 0 atom stereocenters. The van der Waals surface area contributed by atoms with Crippen LogP contribution in [0.1, 0.15) is 23.9 Å². The summed E-state index contributed by atoms with van der Waals surface area (Å²) in [4.78, 5) is 2.59. The molecule has 3 aromatic rings. The van der Waals surface area contributed by atoms with Gasteiger partial charge in [0.05, 0.1) is 11.5 Å². The fourth-order valence-corrected chi connectivity index (χ4v) is 5.70. The van der Waals surface area contributed by atoms with Crippen LogP contribution < -0.4 is 4.74 Å². The Labute approximate surface area is 195 Å². The van der Waals surface area contributed by atoms with Gasteiger partial charge in [-0.1, -0.05) is 18.2 Å². The van der Waals surface area contributed by atoms with Gasteiger partial charge in [0.25, 0.3) is 0 Å². The first kappa shape index (κ1) is 23.4. The number of hydrogen-bond donors (Lipinski definition) is 0. The molecule has 0 N–H and O–H groups in total. The van der Waals surface area contributed by atoms with Crippen LogP contribution in [0.4, 0.5) is 0 Å². The van der Waals surface area contributed by atoms with Crippen molar-refractivity contribution in [3.05, 3.63) is 59.5 Å². The SMILES string of the molecule is CCOc1cc(C)c(S(=O)(=O)N2CCN(CCc3nnc(-c4ccccc4)o3)CC2)cc1C. The topological polar surface area (TPSA) is 88.8 Å². The lowest BCUT2D eigenvalue weighted by Crippen LogP contribution is -2.49. The third-order valence-electron chi connectivity index (χ3n) is 5.85. The summed E-state index contributed by atoms with van der Waals surface area (Å²) < 4.78 is 39.5. The Hall–Kier alpha value is -2.75. The van der Waals surface area contributed by atoms with Crippen LogP contribution in [0.3, 0.4) is 0 Å². The molecule has 1 saturated heterocycles. The van der Waals surface area contributed by atoms with E-state index in [9.17, 15) is 8.42 Å². The minimum absolute atomic E-state index is 0.358. The van der Waals surface area contributed by atoms with E-state index in [2.05, 4.69) is 15.1 Å². The molecular weight excluding hydrogens is 440 g/mol. The van der Waals surface area contributed by atoms with Crippen molar-refractivity contribution in [3.8, 4) is 17.2 Å². The molecule has 2 heterocycles. The maximum atomic E-state index is 13.3. The first-order chi connectivity index (χ1) is 15.9. The van der Waals surface area contributed by atoms with Crippen LogP contribution in [-0.4, -0.2) is 67.2 Å². The van der Waals surface area contributed by atoms with Gasteiger partial charge in [0.2, 0.25) is 21.8 Å². The number of nitrogens with zero attached hydrogens (tertiary/aromatic N) is 4. The standard InChI is InChI=1S/C24H30N4O4S/c1-4-31-21-16-19(3)22(17-18(21)2)33(29,30)28-14-12-27(13-15-28)11-10-23-25-26-24(32-23)20-8-6-5-7-9-20/h5-9,16-17H,4,10-15H2,1-3H3. The van der Waals surface area contributed by atoms with Crippen molar-refractivity contribution in [1.29, 1.82) is 0 Å². The lowest BCUT2D eigenvalue weighted by Gasteiger charge is -2.34. The molecule has 0 aliphatic carbocycles. The summed E-state index contributed by atoms with van der Waals surface area (Å²) in [5.41, 5.74) is 2.43. The Morgan fingerprint density at radius 3 is 2.42 bits per heavy atom. The van der Waals surface area contributed by atoms with Crippen LogP contribution in [0, 0.1) is 13.8 Å². The molecule has 1 fully saturated rings. The van der Waals surface area contributed by atoms with Crippen molar-refractivity contribution < 1.29 is 17.6 Å². The normalized spacial score (nSPS) is 15.6. The first-order valence-electron chi connectivity index (χ1n) is 11.2. The second kappa shape index (κ2) is 10.0. The highest BCUT2D eigenvalue weighted by molar-refractivity contribution is 7.89. The second-order valence-corrected chi connectivity index (χ2v) is 10.1. The number of benzene rings is 2. The quantitative estimate of drug-likeness (QED) is 0.499. The Balaban J connectivity index is 1.34. The van der Waals surface area contributed by atoms with E-state index in [1.807, 2.05) is 57.2 Å². The Morgan fingerprint density at radius 2 is 1.73 bits per heavy atom. The summed E-state index contributed by atoms with van der Waals surface area (Å²) in [6.45, 7) is 9.13. The van der Waals surface area contributed by atoms with E-state index >= 15 is 0 Å². The van der Waals surface area contributed by atoms with Crippen LogP contribution >= 0.6 is 0 Å². The van der Waals surface area contributed by atoms with Crippen molar-refractivity contribution in [3.63, 3.8) is 0 Å². The van der Waals surface area contributed by atoms with E-state index in [-0.39, 0.29) is 0 Å². The van der Waals surface area contributed by atoms with Gasteiger partial charge < -0.3 is 14.1 Å². The zero-order chi connectivity index (χ0) is 23.4. The van der Waals surface area contributed by atoms with Crippen molar-refractivity contribution in [1.82, 2.24) is 19.4 Å². The summed E-state index contributed by atoms with van der Waals surface area (Å²) in [6, 6.07) is 13.2. The Bertz CT molecular complexity index is 1190. The average molecular weight is 471 g/mol. The Kier molecular flexibility index (Phi) is 7.11. The average Bonchev–Trinajstić information content (AvgIpc) is 3.30. The van der Waals surface area contributed by atoms with Gasteiger partial charge >= 0.3 is 0 Å². The van der Waals surface area contributed by atoms with Crippen molar-refractivity contribution in [2.45, 2.75) is 32.1 Å². The smallest absolute Gasteiger partial charge is 0.247 e. The highest BCUT2D eigenvalue weighted by atomic mass is 32.2. The van der Waals surface area contributed by atoms with E-state index in [4.69, 9.17) is 9.15 Å². The minimum atomic E-state index is -3.55. The minimum Gasteiger partial charge on any atom is -0.494 e. The molecule has 2 aromatic carbocycles. The predicted molar refractivity (Wildman–Crippen MR) is 126 cm³/mol. The predicted octanol–water partition coefficient (Wildman–Crippen LogP) is 3.30. The number of piperazine rings is 1. The molecule has 0 saturated carbocycles. The second-order valence-electron chi connectivity index (χ2n) is 8.18. The largest absolute Gasteiger partial charge is 0.494 e. The van der Waals surface area contributed by atoms with E-state index in [1.165, 1.54) is 0 Å². The number of aryl methyl sites for hydroxylation is 2. The third-order valence-corrected chi connectivity index (χ3v) is 7.89. The molecule has 0 amide bonds. The third kappa shape index (κ3) is 5.26. The van der Waals surface area contributed by atoms with Gasteiger partial charge in [-0.15, -0.1) is 10.2 Å². The van der Waals surface area contributed by atoms with Crippen LogP contribution in [-0.2, 0) is 16.4 Å². The van der Waals surface area contributed by atoms with Gasteiger partial charge in [-0.2, -0.15) is 4.31 Å².